The van der Waals surface area contributed by atoms with Crippen LogP contribution in [-0.4, -0.2) is 31.1 Å². The van der Waals surface area contributed by atoms with Gasteiger partial charge in [-0.3, -0.25) is 9.78 Å². The van der Waals surface area contributed by atoms with Crippen LogP contribution < -0.4 is 15.6 Å². The summed E-state index contributed by atoms with van der Waals surface area (Å²) in [6.07, 6.45) is 6.82. The summed E-state index contributed by atoms with van der Waals surface area (Å²) in [6, 6.07) is 6.90. The lowest BCUT2D eigenvalue weighted by molar-refractivity contribution is -0.378. The van der Waals surface area contributed by atoms with Gasteiger partial charge in [0.1, 0.15) is 12.0 Å². The monoisotopic (exact) mass is 335 g/mol. The number of fused-ring (bicyclic) bond motifs is 1. The van der Waals surface area contributed by atoms with E-state index >= 15 is 0 Å². The van der Waals surface area contributed by atoms with Gasteiger partial charge in [0.15, 0.2) is 12.4 Å². The Morgan fingerprint density at radius 2 is 2.16 bits per heavy atom. The Labute approximate surface area is 142 Å². The van der Waals surface area contributed by atoms with Gasteiger partial charge in [0.25, 0.3) is 0 Å². The Morgan fingerprint density at radius 1 is 1.32 bits per heavy atom. The average molecular weight is 335 g/mol. The summed E-state index contributed by atoms with van der Waals surface area (Å²) in [5, 5.41) is 17.6. The number of amides is 1. The summed E-state index contributed by atoms with van der Waals surface area (Å²) in [5.74, 6) is -0.364. The second kappa shape index (κ2) is 6.11. The highest BCUT2D eigenvalue weighted by atomic mass is 16.2. The largest absolute Gasteiger partial charge is 0.326 e. The zero-order chi connectivity index (χ0) is 17.2. The van der Waals surface area contributed by atoms with Gasteiger partial charge >= 0.3 is 0 Å². The van der Waals surface area contributed by atoms with Crippen LogP contribution in [0, 0.1) is 5.92 Å². The third-order valence-corrected chi connectivity index (χ3v) is 4.02. The molecule has 0 saturated carbocycles. The van der Waals surface area contributed by atoms with Gasteiger partial charge < -0.3 is 10.6 Å². The lowest BCUT2D eigenvalue weighted by Gasteiger charge is -2.32. The molecule has 3 aromatic heterocycles. The standard InChI is InChI=1S/C16H14N8O/c1-10-13(15(25)20-12-3-2-6-18-9-12)14(11-4-7-17-8-5-11)24-16(19-10)21-22-23-24/h2-9,13-14H,1H2,(H,20,25)(H,19,21,23)/p+1. The van der Waals surface area contributed by atoms with E-state index in [2.05, 4.69) is 42.7 Å². The lowest BCUT2D eigenvalue weighted by Crippen LogP contribution is -2.39. The zero-order valence-electron chi connectivity index (χ0n) is 13.1. The molecule has 9 heteroatoms. The minimum Gasteiger partial charge on any atom is -0.326 e. The first-order valence-corrected chi connectivity index (χ1v) is 7.64. The van der Waals surface area contributed by atoms with Crippen molar-refractivity contribution in [2.45, 2.75) is 6.04 Å². The van der Waals surface area contributed by atoms with E-state index in [1.165, 1.54) is 0 Å². The van der Waals surface area contributed by atoms with Crippen LogP contribution in [0.25, 0.3) is 0 Å². The van der Waals surface area contributed by atoms with Crippen molar-refractivity contribution in [3.63, 3.8) is 0 Å². The van der Waals surface area contributed by atoms with Gasteiger partial charge in [-0.15, -0.1) is 0 Å². The number of tetrazole rings is 1. The number of rotatable bonds is 3. The maximum Gasteiger partial charge on any atom is 0.247 e. The van der Waals surface area contributed by atoms with Crippen molar-refractivity contribution in [3.8, 4) is 0 Å². The van der Waals surface area contributed by atoms with Crippen LogP contribution in [0.1, 0.15) is 11.6 Å². The maximum atomic E-state index is 13.0. The average Bonchev–Trinajstić information content (AvgIpc) is 3.10. The first-order chi connectivity index (χ1) is 12.2. The van der Waals surface area contributed by atoms with Gasteiger partial charge in [-0.05, 0) is 28.1 Å². The van der Waals surface area contributed by atoms with Crippen molar-refractivity contribution in [1.29, 1.82) is 0 Å². The highest BCUT2D eigenvalue weighted by Gasteiger charge is 2.40. The zero-order valence-corrected chi connectivity index (χ0v) is 13.1. The number of carbonyl (C=O) groups is 1. The van der Waals surface area contributed by atoms with Crippen LogP contribution in [0.15, 0.2) is 61.3 Å². The molecular weight excluding hydrogens is 320 g/mol. The quantitative estimate of drug-likeness (QED) is 0.727. The molecule has 3 aromatic rings. The number of carbonyl (C=O) groups excluding carboxylic acids is 1. The van der Waals surface area contributed by atoms with Crippen molar-refractivity contribution < 1.29 is 9.78 Å². The third kappa shape index (κ3) is 2.71. The fourth-order valence-corrected chi connectivity index (χ4v) is 2.91. The topological polar surface area (TPSA) is 112 Å². The van der Waals surface area contributed by atoms with Crippen molar-refractivity contribution in [3.05, 3.63) is 66.9 Å². The molecule has 9 nitrogen and oxygen atoms in total. The Bertz CT molecular complexity index is 908. The van der Waals surface area contributed by atoms with Crippen molar-refractivity contribution >= 4 is 17.5 Å². The van der Waals surface area contributed by atoms with E-state index in [0.29, 0.717) is 17.3 Å². The third-order valence-electron chi connectivity index (χ3n) is 4.02. The molecule has 3 N–H and O–H groups in total. The predicted octanol–water partition coefficient (Wildman–Crippen LogP) is 0.666. The molecule has 0 spiro atoms. The molecule has 124 valence electrons. The summed E-state index contributed by atoms with van der Waals surface area (Å²) in [7, 11) is 0. The summed E-state index contributed by atoms with van der Waals surface area (Å²) in [4.78, 5) is 20.0. The number of H-pyrrole nitrogens is 1. The Morgan fingerprint density at radius 3 is 2.92 bits per heavy atom. The molecule has 25 heavy (non-hydrogen) atoms. The molecule has 2 unspecified atom stereocenters. The SMILES string of the molecule is C=C1Nc2nnnn2C(c2cc[nH+]cc2)C1C(=O)Nc1cccnc1. The van der Waals surface area contributed by atoms with Gasteiger partial charge in [-0.1, -0.05) is 11.7 Å². The Kier molecular flexibility index (Phi) is 3.65. The summed E-state index contributed by atoms with van der Waals surface area (Å²) >= 11 is 0. The number of anilines is 2. The van der Waals surface area contributed by atoms with E-state index in [1.54, 1.807) is 41.6 Å². The molecule has 1 aliphatic rings. The molecule has 0 aliphatic carbocycles. The molecule has 0 bridgehead atoms. The number of aromatic amines is 1. The number of hydrogen-bond acceptors (Lipinski definition) is 6. The highest BCUT2D eigenvalue weighted by molar-refractivity contribution is 5.95. The van der Waals surface area contributed by atoms with E-state index < -0.39 is 12.0 Å². The molecule has 4 rings (SSSR count). The Balaban J connectivity index is 1.74. The van der Waals surface area contributed by atoms with E-state index in [1.807, 2.05) is 12.1 Å². The second-order valence-corrected chi connectivity index (χ2v) is 5.58. The van der Waals surface area contributed by atoms with Crippen LogP contribution in [0.3, 0.4) is 0 Å². The normalized spacial score (nSPS) is 19.0. The molecule has 1 aliphatic heterocycles. The van der Waals surface area contributed by atoms with Gasteiger partial charge in [-0.2, -0.15) is 0 Å². The highest BCUT2D eigenvalue weighted by Crippen LogP contribution is 2.36. The molecule has 4 heterocycles. The van der Waals surface area contributed by atoms with E-state index in [-0.39, 0.29) is 5.91 Å². The van der Waals surface area contributed by atoms with Crippen LogP contribution in [0.4, 0.5) is 11.6 Å². The van der Waals surface area contributed by atoms with Crippen LogP contribution >= 0.6 is 0 Å². The van der Waals surface area contributed by atoms with Gasteiger partial charge in [0.05, 0.1) is 11.9 Å². The minimum atomic E-state index is -0.599. The first kappa shape index (κ1) is 14.9. The molecule has 0 saturated heterocycles. The van der Waals surface area contributed by atoms with E-state index in [4.69, 9.17) is 0 Å². The van der Waals surface area contributed by atoms with Crippen LogP contribution in [-0.2, 0) is 4.79 Å². The van der Waals surface area contributed by atoms with Crippen molar-refractivity contribution in [2.24, 2.45) is 5.92 Å². The molecule has 2 atom stereocenters. The predicted molar refractivity (Wildman–Crippen MR) is 88.1 cm³/mol. The lowest BCUT2D eigenvalue weighted by atomic mass is 9.89. The number of hydrogen-bond donors (Lipinski definition) is 2. The fourth-order valence-electron chi connectivity index (χ4n) is 2.91. The smallest absolute Gasteiger partial charge is 0.247 e. The summed E-state index contributed by atoms with van der Waals surface area (Å²) in [6.45, 7) is 4.01. The fraction of sp³-hybridized carbons (Fsp3) is 0.125. The molecule has 0 fully saturated rings. The second-order valence-electron chi connectivity index (χ2n) is 5.58. The van der Waals surface area contributed by atoms with Gasteiger partial charge in [0, 0.05) is 24.0 Å². The van der Waals surface area contributed by atoms with Crippen molar-refractivity contribution in [1.82, 2.24) is 25.2 Å². The Hall–Kier alpha value is -3.62. The van der Waals surface area contributed by atoms with Crippen molar-refractivity contribution in [2.75, 3.05) is 10.6 Å². The number of nitrogens with one attached hydrogen (secondary N) is 3. The number of nitrogens with zero attached hydrogens (tertiary/aromatic N) is 5. The molecule has 0 radical (unpaired) electrons. The van der Waals surface area contributed by atoms with E-state index in [0.717, 1.165) is 5.56 Å². The maximum absolute atomic E-state index is 13.0. The summed E-state index contributed by atoms with van der Waals surface area (Å²) < 4.78 is 1.59. The molecule has 0 aromatic carbocycles. The van der Waals surface area contributed by atoms with Gasteiger partial charge in [0.2, 0.25) is 11.9 Å². The van der Waals surface area contributed by atoms with Gasteiger partial charge in [-0.25, -0.2) is 9.67 Å². The van der Waals surface area contributed by atoms with E-state index in [9.17, 15) is 4.79 Å². The molecular formula is C16H15N8O+. The molecule has 1 amide bonds. The number of pyridine rings is 2. The van der Waals surface area contributed by atoms with Crippen LogP contribution in [0.5, 0.6) is 0 Å². The first-order valence-electron chi connectivity index (χ1n) is 7.64. The van der Waals surface area contributed by atoms with Crippen LogP contribution in [0.2, 0.25) is 0 Å². The summed E-state index contributed by atoms with van der Waals surface area (Å²) in [5.41, 5.74) is 2.03. The minimum absolute atomic E-state index is 0.218. The number of aromatic nitrogens is 6.